The summed E-state index contributed by atoms with van der Waals surface area (Å²) in [6.45, 7) is 1.78. The summed E-state index contributed by atoms with van der Waals surface area (Å²) >= 11 is 0. The molecule has 0 spiro atoms. The maximum atomic E-state index is 13.8. The van der Waals surface area contributed by atoms with Gasteiger partial charge in [0.05, 0.1) is 0 Å². The van der Waals surface area contributed by atoms with E-state index >= 15 is 0 Å². The Morgan fingerprint density at radius 1 is 0.769 bits per heavy atom. The Morgan fingerprint density at radius 3 is 1.97 bits per heavy atom. The fraction of sp³-hybridized carbons (Fsp3) is 0.129. The summed E-state index contributed by atoms with van der Waals surface area (Å²) < 4.78 is 16.6. The number of hydrazine groups is 1. The van der Waals surface area contributed by atoms with Gasteiger partial charge in [0, 0.05) is 5.56 Å². The van der Waals surface area contributed by atoms with E-state index in [9.17, 15) is 14.4 Å². The van der Waals surface area contributed by atoms with Crippen LogP contribution >= 0.6 is 0 Å². The average Bonchev–Trinajstić information content (AvgIpc) is 3.27. The highest BCUT2D eigenvalue weighted by molar-refractivity contribution is 5.97. The molecule has 0 unspecified atom stereocenters. The third kappa shape index (κ3) is 5.17. The second kappa shape index (κ2) is 11.1. The highest BCUT2D eigenvalue weighted by Crippen LogP contribution is 2.46. The molecule has 8 heteroatoms. The minimum atomic E-state index is -1.87. The Hall–Kier alpha value is -5.11. The highest BCUT2D eigenvalue weighted by Gasteiger charge is 2.58. The number of benzene rings is 4. The van der Waals surface area contributed by atoms with Crippen molar-refractivity contribution in [3.8, 4) is 5.75 Å². The van der Waals surface area contributed by atoms with Crippen LogP contribution in [0.2, 0.25) is 0 Å². The van der Waals surface area contributed by atoms with E-state index in [1.807, 2.05) is 55.5 Å². The molecule has 0 bridgehead atoms. The van der Waals surface area contributed by atoms with Crippen LogP contribution in [0.5, 0.6) is 5.75 Å². The van der Waals surface area contributed by atoms with Gasteiger partial charge in [-0.05, 0) is 29.7 Å². The number of aryl methyl sites for hydroxylation is 1. The van der Waals surface area contributed by atoms with E-state index in [4.69, 9.17) is 14.2 Å². The smallest absolute Gasteiger partial charge is 0.430 e. The Bertz CT molecular complexity index is 1470. The number of ether oxygens (including phenoxy) is 3. The number of nitrogens with zero attached hydrogens (tertiary/aromatic N) is 1. The first-order valence-corrected chi connectivity index (χ1v) is 12.4. The van der Waals surface area contributed by atoms with Gasteiger partial charge in [-0.1, -0.05) is 109 Å². The molecule has 2 amide bonds. The lowest BCUT2D eigenvalue weighted by Crippen LogP contribution is -2.61. The molecule has 0 saturated heterocycles. The van der Waals surface area contributed by atoms with Crippen LogP contribution in [0.1, 0.15) is 27.8 Å². The zero-order chi connectivity index (χ0) is 27.2. The van der Waals surface area contributed by atoms with E-state index in [2.05, 4.69) is 5.43 Å². The SMILES string of the molecule is Cc1ccc([C@]2(N(NC(=O)OCc3ccccc3)C(=O)OCc3ccccc3)C(=O)Oc3ccccc32)cc1. The van der Waals surface area contributed by atoms with Crippen molar-refractivity contribution in [1.29, 1.82) is 0 Å². The second-order valence-corrected chi connectivity index (χ2v) is 9.01. The molecule has 0 saturated carbocycles. The molecule has 1 heterocycles. The fourth-order valence-corrected chi connectivity index (χ4v) is 4.44. The van der Waals surface area contributed by atoms with Gasteiger partial charge in [0.15, 0.2) is 0 Å². The van der Waals surface area contributed by atoms with Gasteiger partial charge in [-0.2, -0.15) is 5.01 Å². The molecule has 1 aliphatic heterocycles. The van der Waals surface area contributed by atoms with Crippen molar-refractivity contribution in [3.05, 3.63) is 137 Å². The summed E-state index contributed by atoms with van der Waals surface area (Å²) in [7, 11) is 0. The van der Waals surface area contributed by atoms with Crippen LogP contribution in [-0.4, -0.2) is 23.2 Å². The van der Waals surface area contributed by atoms with Crippen LogP contribution in [-0.2, 0) is 33.0 Å². The van der Waals surface area contributed by atoms with Crippen molar-refractivity contribution in [1.82, 2.24) is 10.4 Å². The van der Waals surface area contributed by atoms with Gasteiger partial charge < -0.3 is 14.2 Å². The summed E-state index contributed by atoms with van der Waals surface area (Å²) in [4.78, 5) is 40.6. The van der Waals surface area contributed by atoms with Gasteiger partial charge >= 0.3 is 18.2 Å². The summed E-state index contributed by atoms with van der Waals surface area (Å²) in [5.41, 5.74) is 3.83. The molecule has 0 radical (unpaired) electrons. The molecule has 196 valence electrons. The Kier molecular flexibility index (Phi) is 7.27. The van der Waals surface area contributed by atoms with Crippen molar-refractivity contribution < 1.29 is 28.6 Å². The molecule has 1 aliphatic rings. The lowest BCUT2D eigenvalue weighted by atomic mass is 9.83. The summed E-state index contributed by atoms with van der Waals surface area (Å²) in [5, 5.41) is 0.863. The predicted molar refractivity (Wildman–Crippen MR) is 142 cm³/mol. The van der Waals surface area contributed by atoms with Gasteiger partial charge in [-0.15, -0.1) is 0 Å². The number of rotatable bonds is 6. The fourth-order valence-electron chi connectivity index (χ4n) is 4.44. The molecule has 5 rings (SSSR count). The molecule has 39 heavy (non-hydrogen) atoms. The Morgan fingerprint density at radius 2 is 1.33 bits per heavy atom. The van der Waals surface area contributed by atoms with Crippen LogP contribution in [0.15, 0.2) is 109 Å². The maximum Gasteiger partial charge on any atom is 0.430 e. The minimum Gasteiger partial charge on any atom is -0.443 e. The van der Waals surface area contributed by atoms with Gasteiger partial charge in [0.1, 0.15) is 19.0 Å². The van der Waals surface area contributed by atoms with Crippen molar-refractivity contribution in [2.24, 2.45) is 0 Å². The van der Waals surface area contributed by atoms with Crippen molar-refractivity contribution in [3.63, 3.8) is 0 Å². The molecule has 8 nitrogen and oxygen atoms in total. The summed E-state index contributed by atoms with van der Waals surface area (Å²) in [6, 6.07) is 32.0. The zero-order valence-corrected chi connectivity index (χ0v) is 21.2. The Labute approximate surface area is 225 Å². The van der Waals surface area contributed by atoms with Gasteiger partial charge in [-0.25, -0.2) is 19.8 Å². The monoisotopic (exact) mass is 522 g/mol. The van der Waals surface area contributed by atoms with E-state index in [0.717, 1.165) is 21.7 Å². The van der Waals surface area contributed by atoms with E-state index < -0.39 is 23.7 Å². The summed E-state index contributed by atoms with van der Waals surface area (Å²) in [5.74, 6) is -0.504. The lowest BCUT2D eigenvalue weighted by Gasteiger charge is -2.37. The molecular weight excluding hydrogens is 496 g/mol. The number of hydrogen-bond donors (Lipinski definition) is 1. The second-order valence-electron chi connectivity index (χ2n) is 9.01. The van der Waals surface area contributed by atoms with E-state index in [1.165, 1.54) is 0 Å². The molecule has 1 N–H and O–H groups in total. The molecule has 0 aliphatic carbocycles. The van der Waals surface area contributed by atoms with E-state index in [-0.39, 0.29) is 19.0 Å². The quantitative estimate of drug-likeness (QED) is 0.200. The van der Waals surface area contributed by atoms with Crippen LogP contribution in [0.4, 0.5) is 9.59 Å². The lowest BCUT2D eigenvalue weighted by molar-refractivity contribution is -0.143. The normalized spacial score (nSPS) is 15.6. The predicted octanol–water partition coefficient (Wildman–Crippen LogP) is 5.64. The number of para-hydroxylation sites is 1. The molecule has 0 aromatic heterocycles. The topological polar surface area (TPSA) is 94.2 Å². The number of carbonyl (C=O) groups is 3. The first kappa shape index (κ1) is 25.5. The standard InChI is InChI=1S/C31H26N2O6/c1-22-16-18-25(19-17-22)31(26-14-8-9-15-27(26)39-28(31)34)33(30(36)38-21-24-12-6-3-7-13-24)32-29(35)37-20-23-10-4-2-5-11-23/h2-19H,20-21H2,1H3,(H,32,35)/t31-/m1/s1. The van der Waals surface area contributed by atoms with Crippen molar-refractivity contribution in [2.45, 2.75) is 25.7 Å². The number of carbonyl (C=O) groups excluding carboxylic acids is 3. The first-order valence-electron chi connectivity index (χ1n) is 12.4. The number of fused-ring (bicyclic) bond motifs is 1. The van der Waals surface area contributed by atoms with Gasteiger partial charge in [0.25, 0.3) is 0 Å². The molecule has 4 aromatic carbocycles. The number of amides is 2. The van der Waals surface area contributed by atoms with Crippen molar-refractivity contribution >= 4 is 18.2 Å². The molecular formula is C31H26N2O6. The van der Waals surface area contributed by atoms with Crippen LogP contribution in [0.3, 0.4) is 0 Å². The number of esters is 1. The molecule has 4 aromatic rings. The minimum absolute atomic E-state index is 0.0435. The molecule has 1 atom stereocenters. The molecule has 0 fully saturated rings. The average molecular weight is 523 g/mol. The number of hydrogen-bond acceptors (Lipinski definition) is 6. The van der Waals surface area contributed by atoms with Crippen molar-refractivity contribution in [2.75, 3.05) is 0 Å². The van der Waals surface area contributed by atoms with Crippen LogP contribution in [0, 0.1) is 6.92 Å². The highest BCUT2D eigenvalue weighted by atomic mass is 16.6. The van der Waals surface area contributed by atoms with Gasteiger partial charge in [-0.3, -0.25) is 0 Å². The van der Waals surface area contributed by atoms with Crippen LogP contribution < -0.4 is 10.2 Å². The third-order valence-corrected chi connectivity index (χ3v) is 6.38. The first-order chi connectivity index (χ1) is 19.0. The van der Waals surface area contributed by atoms with E-state index in [0.29, 0.717) is 11.1 Å². The Balaban J connectivity index is 1.54. The number of nitrogens with one attached hydrogen (secondary N) is 1. The summed E-state index contributed by atoms with van der Waals surface area (Å²) in [6.07, 6.45) is -1.91. The van der Waals surface area contributed by atoms with E-state index in [1.54, 1.807) is 60.7 Å². The third-order valence-electron chi connectivity index (χ3n) is 6.38. The largest absolute Gasteiger partial charge is 0.443 e. The zero-order valence-electron chi connectivity index (χ0n) is 21.2. The van der Waals surface area contributed by atoms with Crippen LogP contribution in [0.25, 0.3) is 0 Å². The van der Waals surface area contributed by atoms with Gasteiger partial charge in [0.2, 0.25) is 5.54 Å². The maximum absolute atomic E-state index is 13.8.